The molecule has 0 amide bonds. The van der Waals surface area contributed by atoms with Gasteiger partial charge in [0.25, 0.3) is 0 Å². The lowest BCUT2D eigenvalue weighted by Crippen LogP contribution is -2.17. The molecule has 0 aliphatic carbocycles. The standard InChI is InChI=1S/C10H15N5/c1-15-5-3-9(14-15)2-4-11-6-10-7-12-8-13-10/h3,5,7-8,11H,2,4,6H2,1H3,(H,12,13). The lowest BCUT2D eigenvalue weighted by atomic mass is 10.3. The van der Waals surface area contributed by atoms with Gasteiger partial charge < -0.3 is 10.3 Å². The molecule has 0 saturated heterocycles. The molecular formula is C10H15N5. The van der Waals surface area contributed by atoms with E-state index in [9.17, 15) is 0 Å². The molecule has 0 bridgehead atoms. The van der Waals surface area contributed by atoms with Gasteiger partial charge in [-0.05, 0) is 6.07 Å². The van der Waals surface area contributed by atoms with Gasteiger partial charge in [0, 0.05) is 44.6 Å². The van der Waals surface area contributed by atoms with E-state index in [1.807, 2.05) is 30.2 Å². The fourth-order valence-corrected chi connectivity index (χ4v) is 1.42. The van der Waals surface area contributed by atoms with E-state index in [0.717, 1.165) is 30.9 Å². The molecule has 0 atom stereocenters. The highest BCUT2D eigenvalue weighted by Crippen LogP contribution is 1.95. The molecule has 80 valence electrons. The van der Waals surface area contributed by atoms with Crippen LogP contribution in [0.5, 0.6) is 0 Å². The largest absolute Gasteiger partial charge is 0.347 e. The number of nitrogens with one attached hydrogen (secondary N) is 2. The molecule has 0 aliphatic rings. The Morgan fingerprint density at radius 2 is 2.47 bits per heavy atom. The topological polar surface area (TPSA) is 58.5 Å². The van der Waals surface area contributed by atoms with E-state index >= 15 is 0 Å². The van der Waals surface area contributed by atoms with E-state index < -0.39 is 0 Å². The molecule has 2 heterocycles. The third kappa shape index (κ3) is 2.92. The summed E-state index contributed by atoms with van der Waals surface area (Å²) in [6, 6.07) is 2.04. The maximum atomic E-state index is 4.30. The summed E-state index contributed by atoms with van der Waals surface area (Å²) in [7, 11) is 1.93. The van der Waals surface area contributed by atoms with Crippen molar-refractivity contribution in [3.8, 4) is 0 Å². The maximum absolute atomic E-state index is 4.30. The first-order valence-corrected chi connectivity index (χ1v) is 5.01. The first-order chi connectivity index (χ1) is 7.34. The summed E-state index contributed by atoms with van der Waals surface area (Å²) in [6.07, 6.45) is 6.43. The zero-order valence-electron chi connectivity index (χ0n) is 8.77. The molecule has 2 aromatic rings. The second-order valence-corrected chi connectivity index (χ2v) is 3.48. The van der Waals surface area contributed by atoms with Gasteiger partial charge in [-0.2, -0.15) is 5.10 Å². The second-order valence-electron chi connectivity index (χ2n) is 3.48. The molecule has 2 aromatic heterocycles. The maximum Gasteiger partial charge on any atom is 0.0922 e. The number of aromatic amines is 1. The van der Waals surface area contributed by atoms with Crippen molar-refractivity contribution in [1.82, 2.24) is 25.1 Å². The van der Waals surface area contributed by atoms with E-state index in [1.54, 1.807) is 6.33 Å². The molecule has 0 spiro atoms. The fourth-order valence-electron chi connectivity index (χ4n) is 1.42. The average molecular weight is 205 g/mol. The Bertz CT molecular complexity index is 390. The van der Waals surface area contributed by atoms with E-state index in [4.69, 9.17) is 0 Å². The quantitative estimate of drug-likeness (QED) is 0.698. The van der Waals surface area contributed by atoms with Gasteiger partial charge in [-0.3, -0.25) is 4.68 Å². The van der Waals surface area contributed by atoms with Crippen molar-refractivity contribution in [2.45, 2.75) is 13.0 Å². The van der Waals surface area contributed by atoms with Gasteiger partial charge in [0.05, 0.1) is 12.0 Å². The monoisotopic (exact) mass is 205 g/mol. The van der Waals surface area contributed by atoms with Crippen LogP contribution < -0.4 is 5.32 Å². The van der Waals surface area contributed by atoms with Gasteiger partial charge >= 0.3 is 0 Å². The highest BCUT2D eigenvalue weighted by atomic mass is 15.2. The number of hydrogen-bond acceptors (Lipinski definition) is 3. The Balaban J connectivity index is 1.67. The summed E-state index contributed by atoms with van der Waals surface area (Å²) >= 11 is 0. The number of rotatable bonds is 5. The molecule has 5 nitrogen and oxygen atoms in total. The summed E-state index contributed by atoms with van der Waals surface area (Å²) in [6.45, 7) is 1.75. The third-order valence-corrected chi connectivity index (χ3v) is 2.20. The average Bonchev–Trinajstić information content (AvgIpc) is 2.84. The van der Waals surface area contributed by atoms with Crippen LogP contribution in [0.2, 0.25) is 0 Å². The molecule has 0 unspecified atom stereocenters. The molecule has 15 heavy (non-hydrogen) atoms. The van der Waals surface area contributed by atoms with Crippen LogP contribution in [-0.4, -0.2) is 26.3 Å². The lowest BCUT2D eigenvalue weighted by Gasteiger charge is -2.00. The highest BCUT2D eigenvalue weighted by Gasteiger charge is 1.97. The number of aromatic nitrogens is 4. The van der Waals surface area contributed by atoms with Crippen molar-refractivity contribution in [2.24, 2.45) is 7.05 Å². The zero-order chi connectivity index (χ0) is 10.5. The first kappa shape index (κ1) is 9.92. The Morgan fingerprint density at radius 3 is 3.13 bits per heavy atom. The van der Waals surface area contributed by atoms with Crippen LogP contribution in [0.3, 0.4) is 0 Å². The van der Waals surface area contributed by atoms with Crippen LogP contribution in [0.1, 0.15) is 11.4 Å². The highest BCUT2D eigenvalue weighted by molar-refractivity contribution is 4.99. The molecule has 0 fully saturated rings. The van der Waals surface area contributed by atoms with Gasteiger partial charge in [0.1, 0.15) is 0 Å². The Labute approximate surface area is 88.5 Å². The van der Waals surface area contributed by atoms with E-state index in [2.05, 4.69) is 20.4 Å². The van der Waals surface area contributed by atoms with Crippen molar-refractivity contribution in [1.29, 1.82) is 0 Å². The van der Waals surface area contributed by atoms with Crippen LogP contribution in [0, 0.1) is 0 Å². The second kappa shape index (κ2) is 4.75. The predicted molar refractivity (Wildman–Crippen MR) is 57.2 cm³/mol. The van der Waals surface area contributed by atoms with Crippen molar-refractivity contribution >= 4 is 0 Å². The summed E-state index contributed by atoms with van der Waals surface area (Å²) in [4.78, 5) is 7.00. The molecule has 0 aliphatic heterocycles. The van der Waals surface area contributed by atoms with Gasteiger partial charge in [0.15, 0.2) is 0 Å². The number of hydrogen-bond donors (Lipinski definition) is 2. The smallest absolute Gasteiger partial charge is 0.0922 e. The van der Waals surface area contributed by atoms with Crippen LogP contribution in [-0.2, 0) is 20.0 Å². The minimum Gasteiger partial charge on any atom is -0.347 e. The summed E-state index contributed by atoms with van der Waals surface area (Å²) in [5.41, 5.74) is 2.23. The van der Waals surface area contributed by atoms with Crippen molar-refractivity contribution in [2.75, 3.05) is 6.54 Å². The van der Waals surface area contributed by atoms with Crippen LogP contribution >= 0.6 is 0 Å². The fraction of sp³-hybridized carbons (Fsp3) is 0.400. The molecule has 0 aromatic carbocycles. The minimum atomic E-state index is 0.826. The first-order valence-electron chi connectivity index (χ1n) is 5.01. The van der Waals surface area contributed by atoms with Crippen molar-refractivity contribution < 1.29 is 0 Å². The van der Waals surface area contributed by atoms with E-state index in [0.29, 0.717) is 0 Å². The number of imidazole rings is 1. The van der Waals surface area contributed by atoms with Gasteiger partial charge in [-0.1, -0.05) is 0 Å². The van der Waals surface area contributed by atoms with Crippen LogP contribution in [0.25, 0.3) is 0 Å². The SMILES string of the molecule is Cn1ccc(CCNCc2cnc[nH]2)n1. The zero-order valence-corrected chi connectivity index (χ0v) is 8.77. The Kier molecular flexibility index (Phi) is 3.14. The summed E-state index contributed by atoms with van der Waals surface area (Å²) < 4.78 is 1.82. The van der Waals surface area contributed by atoms with Gasteiger partial charge in [0.2, 0.25) is 0 Å². The number of H-pyrrole nitrogens is 1. The molecule has 0 radical (unpaired) electrons. The lowest BCUT2D eigenvalue weighted by molar-refractivity contribution is 0.658. The van der Waals surface area contributed by atoms with Gasteiger partial charge in [-0.15, -0.1) is 0 Å². The van der Waals surface area contributed by atoms with Crippen LogP contribution in [0.4, 0.5) is 0 Å². The van der Waals surface area contributed by atoms with Gasteiger partial charge in [-0.25, -0.2) is 4.98 Å². The summed E-state index contributed by atoms with van der Waals surface area (Å²) in [5.74, 6) is 0. The summed E-state index contributed by atoms with van der Waals surface area (Å²) in [5, 5.41) is 7.63. The number of aryl methyl sites for hydroxylation is 1. The van der Waals surface area contributed by atoms with E-state index in [1.165, 1.54) is 0 Å². The normalized spacial score (nSPS) is 10.7. The molecule has 5 heteroatoms. The molecule has 2 N–H and O–H groups in total. The predicted octanol–water partition coefficient (Wildman–Crippen LogP) is 0.475. The Morgan fingerprint density at radius 1 is 1.53 bits per heavy atom. The third-order valence-electron chi connectivity index (χ3n) is 2.20. The molecule has 0 saturated carbocycles. The number of nitrogens with zero attached hydrogens (tertiary/aromatic N) is 3. The van der Waals surface area contributed by atoms with E-state index in [-0.39, 0.29) is 0 Å². The van der Waals surface area contributed by atoms with Crippen molar-refractivity contribution in [3.63, 3.8) is 0 Å². The molecule has 2 rings (SSSR count). The molecular weight excluding hydrogens is 190 g/mol. The Hall–Kier alpha value is -1.62. The minimum absolute atomic E-state index is 0.826. The van der Waals surface area contributed by atoms with Crippen molar-refractivity contribution in [3.05, 3.63) is 36.2 Å². The van der Waals surface area contributed by atoms with Crippen LogP contribution in [0.15, 0.2) is 24.8 Å².